The second-order valence-corrected chi connectivity index (χ2v) is 4.44. The lowest BCUT2D eigenvalue weighted by atomic mass is 10.2. The Hall–Kier alpha value is -2.89. The van der Waals surface area contributed by atoms with Crippen LogP contribution in [0.1, 0.15) is 5.56 Å². The normalized spacial score (nSPS) is 10.7. The maximum Gasteiger partial charge on any atom is 0.157 e. The van der Waals surface area contributed by atoms with Crippen LogP contribution in [0.4, 0.5) is 11.5 Å². The fourth-order valence-electron chi connectivity index (χ4n) is 2.00. The van der Waals surface area contributed by atoms with Crippen LogP contribution in [-0.2, 0) is 0 Å². The van der Waals surface area contributed by atoms with Crippen molar-refractivity contribution >= 4 is 23.0 Å². The van der Waals surface area contributed by atoms with E-state index in [0.717, 1.165) is 17.2 Å². The van der Waals surface area contributed by atoms with Crippen LogP contribution in [0.15, 0.2) is 48.8 Å². The molecule has 3 rings (SSSR count). The summed E-state index contributed by atoms with van der Waals surface area (Å²) < 4.78 is 1.71. The van der Waals surface area contributed by atoms with Gasteiger partial charge in [0.25, 0.3) is 0 Å². The van der Waals surface area contributed by atoms with E-state index < -0.39 is 0 Å². The van der Waals surface area contributed by atoms with E-state index in [1.54, 1.807) is 10.7 Å². The van der Waals surface area contributed by atoms with Crippen LogP contribution in [0.25, 0.3) is 5.65 Å². The van der Waals surface area contributed by atoms with Crippen LogP contribution < -0.4 is 10.6 Å². The van der Waals surface area contributed by atoms with E-state index in [2.05, 4.69) is 10.1 Å². The first-order valence-electron chi connectivity index (χ1n) is 6.14. The highest BCUT2D eigenvalue weighted by Gasteiger charge is 2.08. The molecule has 0 aliphatic rings. The molecule has 20 heavy (non-hydrogen) atoms. The zero-order valence-electron chi connectivity index (χ0n) is 11.0. The van der Waals surface area contributed by atoms with Crippen molar-refractivity contribution in [2.24, 2.45) is 5.73 Å². The zero-order valence-corrected chi connectivity index (χ0v) is 11.0. The minimum atomic E-state index is 0.0550. The maximum absolute atomic E-state index is 7.50. The van der Waals surface area contributed by atoms with Crippen molar-refractivity contribution in [1.29, 1.82) is 5.41 Å². The molecular formula is C14H14N6. The summed E-state index contributed by atoms with van der Waals surface area (Å²) in [6.07, 6.45) is 3.57. The molecule has 3 N–H and O–H groups in total. The van der Waals surface area contributed by atoms with Crippen molar-refractivity contribution in [2.75, 3.05) is 11.9 Å². The molecule has 3 aromatic rings. The molecule has 0 aliphatic heterocycles. The lowest BCUT2D eigenvalue weighted by Gasteiger charge is -2.19. The van der Waals surface area contributed by atoms with Gasteiger partial charge >= 0.3 is 0 Å². The highest BCUT2D eigenvalue weighted by molar-refractivity contribution is 5.96. The molecule has 0 amide bonds. The number of anilines is 2. The highest BCUT2D eigenvalue weighted by atomic mass is 15.3. The Morgan fingerprint density at radius 2 is 2.15 bits per heavy atom. The van der Waals surface area contributed by atoms with E-state index >= 15 is 0 Å². The van der Waals surface area contributed by atoms with Gasteiger partial charge in [0.15, 0.2) is 5.65 Å². The summed E-state index contributed by atoms with van der Waals surface area (Å²) >= 11 is 0. The van der Waals surface area contributed by atoms with Crippen LogP contribution in [-0.4, -0.2) is 27.5 Å². The van der Waals surface area contributed by atoms with Gasteiger partial charge in [0, 0.05) is 30.6 Å². The smallest absolute Gasteiger partial charge is 0.157 e. The van der Waals surface area contributed by atoms with E-state index in [1.165, 1.54) is 0 Å². The minimum Gasteiger partial charge on any atom is -0.384 e. The third-order valence-electron chi connectivity index (χ3n) is 3.13. The minimum absolute atomic E-state index is 0.0550. The summed E-state index contributed by atoms with van der Waals surface area (Å²) in [4.78, 5) is 6.47. The van der Waals surface area contributed by atoms with Crippen molar-refractivity contribution in [3.8, 4) is 0 Å². The van der Waals surface area contributed by atoms with Crippen molar-refractivity contribution in [1.82, 2.24) is 14.6 Å². The number of nitrogen functional groups attached to an aromatic ring is 1. The molecule has 0 unspecified atom stereocenters. The predicted molar refractivity (Wildman–Crippen MR) is 78.5 cm³/mol. The summed E-state index contributed by atoms with van der Waals surface area (Å²) in [6, 6.07) is 11.2. The third kappa shape index (κ3) is 2.07. The quantitative estimate of drug-likeness (QED) is 0.559. The molecule has 100 valence electrons. The molecule has 2 aromatic heterocycles. The number of nitrogens with zero attached hydrogens (tertiary/aromatic N) is 4. The number of benzene rings is 1. The third-order valence-corrected chi connectivity index (χ3v) is 3.13. The summed E-state index contributed by atoms with van der Waals surface area (Å²) in [7, 11) is 1.93. The first-order valence-corrected chi connectivity index (χ1v) is 6.14. The monoisotopic (exact) mass is 266 g/mol. The van der Waals surface area contributed by atoms with Crippen molar-refractivity contribution < 1.29 is 0 Å². The zero-order chi connectivity index (χ0) is 14.1. The van der Waals surface area contributed by atoms with Crippen molar-refractivity contribution in [3.05, 3.63) is 54.4 Å². The van der Waals surface area contributed by atoms with Gasteiger partial charge in [-0.25, -0.2) is 9.50 Å². The van der Waals surface area contributed by atoms with Gasteiger partial charge in [0.05, 0.1) is 6.20 Å². The van der Waals surface area contributed by atoms with Crippen LogP contribution >= 0.6 is 0 Å². The molecule has 6 nitrogen and oxygen atoms in total. The van der Waals surface area contributed by atoms with Crippen LogP contribution in [0.5, 0.6) is 0 Å². The second-order valence-electron chi connectivity index (χ2n) is 4.44. The first-order chi connectivity index (χ1) is 9.65. The Labute approximate surface area is 116 Å². The molecule has 0 aliphatic carbocycles. The lowest BCUT2D eigenvalue weighted by Crippen LogP contribution is -2.15. The van der Waals surface area contributed by atoms with Gasteiger partial charge < -0.3 is 10.6 Å². The Balaban J connectivity index is 2.00. The van der Waals surface area contributed by atoms with Crippen LogP contribution in [0.2, 0.25) is 0 Å². The fraction of sp³-hybridized carbons (Fsp3) is 0.0714. The van der Waals surface area contributed by atoms with Crippen molar-refractivity contribution in [3.63, 3.8) is 0 Å². The molecule has 6 heteroatoms. The molecule has 2 heterocycles. The van der Waals surface area contributed by atoms with Gasteiger partial charge in [-0.3, -0.25) is 5.41 Å². The van der Waals surface area contributed by atoms with Gasteiger partial charge in [0.2, 0.25) is 0 Å². The van der Waals surface area contributed by atoms with E-state index in [-0.39, 0.29) is 5.84 Å². The molecule has 0 saturated carbocycles. The Morgan fingerprint density at radius 3 is 2.95 bits per heavy atom. The number of nitrogens with two attached hydrogens (primary N) is 1. The molecule has 1 aromatic carbocycles. The molecular weight excluding hydrogens is 252 g/mol. The molecule has 0 fully saturated rings. The molecule has 0 radical (unpaired) electrons. The van der Waals surface area contributed by atoms with E-state index in [0.29, 0.717) is 5.56 Å². The number of nitrogens with one attached hydrogen (secondary N) is 1. The van der Waals surface area contributed by atoms with Gasteiger partial charge in [-0.15, -0.1) is 0 Å². The lowest BCUT2D eigenvalue weighted by molar-refractivity contribution is 0.933. The standard InChI is InChI=1S/C14H14N6/c1-19(11-4-2-3-10(9-11)14(15)16)12-6-8-20-13(18-12)5-7-17-20/h2-9H,1H3,(H3,15,16). The van der Waals surface area contributed by atoms with Crippen LogP contribution in [0, 0.1) is 5.41 Å². The number of amidine groups is 1. The molecule has 0 atom stereocenters. The average Bonchev–Trinajstić information content (AvgIpc) is 2.94. The highest BCUT2D eigenvalue weighted by Crippen LogP contribution is 2.22. The van der Waals surface area contributed by atoms with E-state index in [1.807, 2.05) is 54.5 Å². The van der Waals surface area contributed by atoms with Crippen molar-refractivity contribution in [2.45, 2.75) is 0 Å². The van der Waals surface area contributed by atoms with E-state index in [9.17, 15) is 0 Å². The maximum atomic E-state index is 7.50. The average molecular weight is 266 g/mol. The Morgan fingerprint density at radius 1 is 1.30 bits per heavy atom. The van der Waals surface area contributed by atoms with Crippen LogP contribution in [0.3, 0.4) is 0 Å². The Kier molecular flexibility index (Phi) is 2.83. The summed E-state index contributed by atoms with van der Waals surface area (Å²) in [5, 5.41) is 11.6. The number of rotatable bonds is 3. The number of hydrogen-bond donors (Lipinski definition) is 2. The first kappa shape index (κ1) is 12.2. The predicted octanol–water partition coefficient (Wildman–Crippen LogP) is 1.78. The van der Waals surface area contributed by atoms with Gasteiger partial charge in [0.1, 0.15) is 11.7 Å². The summed E-state index contributed by atoms with van der Waals surface area (Å²) in [5.41, 5.74) is 7.93. The topological polar surface area (TPSA) is 83.3 Å². The number of fused-ring (bicyclic) bond motifs is 1. The number of aromatic nitrogens is 3. The molecule has 0 spiro atoms. The van der Waals surface area contributed by atoms with E-state index in [4.69, 9.17) is 11.1 Å². The SMILES string of the molecule is CN(c1cccc(C(=N)N)c1)c1ccn2nccc2n1. The fourth-order valence-corrected chi connectivity index (χ4v) is 2.00. The summed E-state index contributed by atoms with van der Waals surface area (Å²) in [6.45, 7) is 0. The Bertz CT molecular complexity index is 776. The largest absolute Gasteiger partial charge is 0.384 e. The second kappa shape index (κ2) is 4.65. The van der Waals surface area contributed by atoms with Gasteiger partial charge in [-0.05, 0) is 18.2 Å². The summed E-state index contributed by atoms with van der Waals surface area (Å²) in [5.74, 6) is 0.859. The van der Waals surface area contributed by atoms with Gasteiger partial charge in [-0.1, -0.05) is 12.1 Å². The molecule has 0 saturated heterocycles. The molecule has 0 bridgehead atoms. The number of hydrogen-bond acceptors (Lipinski definition) is 4. The van der Waals surface area contributed by atoms with Gasteiger partial charge in [-0.2, -0.15) is 5.10 Å².